The van der Waals surface area contributed by atoms with Crippen molar-refractivity contribution >= 4 is 29.8 Å². The summed E-state index contributed by atoms with van der Waals surface area (Å²) in [5, 5.41) is 165. The van der Waals surface area contributed by atoms with Crippen molar-refractivity contribution < 1.29 is 124 Å². The van der Waals surface area contributed by atoms with Crippen molar-refractivity contribution in [2.24, 2.45) is 0 Å². The van der Waals surface area contributed by atoms with Crippen molar-refractivity contribution in [2.45, 2.75) is 30.8 Å². The van der Waals surface area contributed by atoms with Gasteiger partial charge >= 0.3 is 29.8 Å². The van der Waals surface area contributed by atoms with Crippen LogP contribution in [0.1, 0.15) is 57.4 Å². The van der Waals surface area contributed by atoms with Crippen LogP contribution in [0.25, 0.3) is 33.4 Å². The van der Waals surface area contributed by atoms with Crippen LogP contribution in [-0.4, -0.2) is 137 Å². The summed E-state index contributed by atoms with van der Waals surface area (Å²) >= 11 is 0. The number of esters is 5. The third kappa shape index (κ3) is 5.55. The lowest BCUT2D eigenvalue weighted by molar-refractivity contribution is -0.132. The Morgan fingerprint density at radius 2 is 0.682 bits per heavy atom. The van der Waals surface area contributed by atoms with Crippen molar-refractivity contribution in [3.8, 4) is 120 Å². The molecule has 5 heterocycles. The quantitative estimate of drug-likeness (QED) is 0.0598. The lowest BCUT2D eigenvalue weighted by Gasteiger charge is -2.38. The molecule has 340 valence electrons. The standard InChI is InChI=1S/C41H26O25/c42-10-1-7-15(27(49)24(10)46)16-8(2-11(43)25(47)28(16)50)39(59)65-36-14(5-62-37(7)57)64-38(58)9-3-12(44)26(48)29(51)17(9)19-22-21(32(54)34(56)30(19)52)20-18-6(23(45)33(55)31(20)53)4-13(63-40(18)60)35(36)66-41(22)61/h1-3,13-14,35-36,42-56H,4-5H2/t13?,14-,35?,36?/m1/s1. The SMILES string of the molecule is O=C1OC[C@H]2OC(=O)c3cc(O)c(O)c(O)c3-c3c(O)c(O)c(O)c4c3C(=O)OC(C3Cc5c(O)c(O)c(O)c-4c5C(=O)O3)C2OC(=O)c2cc(O)c(O)c(O)c2-c2c1cc(O)c(O)c2O. The summed E-state index contributed by atoms with van der Waals surface area (Å²) in [7, 11) is 0. The third-order valence-corrected chi connectivity index (χ3v) is 11.4. The molecule has 0 amide bonds. The number of cyclic esters (lactones) is 1. The molecule has 3 unspecified atom stereocenters. The van der Waals surface area contributed by atoms with Crippen molar-refractivity contribution in [1.82, 2.24) is 0 Å². The third-order valence-electron chi connectivity index (χ3n) is 11.4. The van der Waals surface area contributed by atoms with Gasteiger partial charge in [-0.25, -0.2) is 24.0 Å². The van der Waals surface area contributed by atoms with E-state index in [0.29, 0.717) is 18.2 Å². The molecule has 5 aliphatic rings. The molecular formula is C41H26O25. The van der Waals surface area contributed by atoms with Gasteiger partial charge in [0.1, 0.15) is 12.7 Å². The van der Waals surface area contributed by atoms with E-state index in [4.69, 9.17) is 23.7 Å². The first-order valence-electron chi connectivity index (χ1n) is 18.5. The van der Waals surface area contributed by atoms with Gasteiger partial charge in [0.15, 0.2) is 75.8 Å². The number of fused-ring (bicyclic) bond motifs is 7. The Hall–Kier alpha value is -9.55. The summed E-state index contributed by atoms with van der Waals surface area (Å²) < 4.78 is 28.2. The van der Waals surface area contributed by atoms with E-state index >= 15 is 0 Å². The summed E-state index contributed by atoms with van der Waals surface area (Å²) in [4.78, 5) is 72.3. The molecule has 15 N–H and O–H groups in total. The van der Waals surface area contributed by atoms with E-state index in [-0.39, 0.29) is 0 Å². The fourth-order valence-corrected chi connectivity index (χ4v) is 8.34. The minimum Gasteiger partial charge on any atom is -0.504 e. The summed E-state index contributed by atoms with van der Waals surface area (Å²) in [6.45, 7) is -1.42. The molecule has 0 saturated heterocycles. The van der Waals surface area contributed by atoms with Crippen LogP contribution in [0.3, 0.4) is 0 Å². The summed E-state index contributed by atoms with van der Waals surface area (Å²) in [5.41, 5.74) is -13.5. The monoisotopic (exact) mass is 918 g/mol. The topological polar surface area (TPSA) is 435 Å². The van der Waals surface area contributed by atoms with Gasteiger partial charge in [0.05, 0.1) is 27.8 Å². The van der Waals surface area contributed by atoms with Crippen molar-refractivity contribution in [3.63, 3.8) is 0 Å². The zero-order valence-electron chi connectivity index (χ0n) is 32.2. The predicted octanol–water partition coefficient (Wildman–Crippen LogP) is 1.83. The van der Waals surface area contributed by atoms with E-state index in [0.717, 1.165) is 0 Å². The van der Waals surface area contributed by atoms with Crippen LogP contribution in [0.15, 0.2) is 18.2 Å². The average Bonchev–Trinajstić information content (AvgIpc) is 3.29. The Morgan fingerprint density at radius 1 is 0.333 bits per heavy atom. The van der Waals surface area contributed by atoms with Gasteiger partial charge in [-0.1, -0.05) is 0 Å². The molecular weight excluding hydrogens is 892 g/mol. The summed E-state index contributed by atoms with van der Waals surface area (Å²) in [6.07, 6.45) is -10.7. The number of ether oxygens (including phenoxy) is 5. The fraction of sp³-hybridized carbons (Fsp3) is 0.146. The number of hydrogen-bond donors (Lipinski definition) is 15. The maximum atomic E-state index is 15.0. The molecule has 25 nitrogen and oxygen atoms in total. The highest BCUT2D eigenvalue weighted by Crippen LogP contribution is 2.61. The Bertz CT molecular complexity index is 3150. The van der Waals surface area contributed by atoms with E-state index < -0.39 is 220 Å². The number of phenols is 15. The van der Waals surface area contributed by atoms with Crippen LogP contribution in [0, 0.1) is 0 Å². The second-order valence-electron chi connectivity index (χ2n) is 14.9. The lowest BCUT2D eigenvalue weighted by atomic mass is 9.81. The highest BCUT2D eigenvalue weighted by Gasteiger charge is 2.52. The smallest absolute Gasteiger partial charge is 0.340 e. The van der Waals surface area contributed by atoms with E-state index in [1.165, 1.54) is 0 Å². The number of carbonyl (C=O) groups is 5. The number of phenolic OH excluding ortho intramolecular Hbond substituents is 15. The Labute approximate surface area is 362 Å². The Kier molecular flexibility index (Phi) is 8.85. The van der Waals surface area contributed by atoms with Crippen LogP contribution >= 0.6 is 0 Å². The fourth-order valence-electron chi connectivity index (χ4n) is 8.34. The van der Waals surface area contributed by atoms with Gasteiger partial charge in [-0.2, -0.15) is 0 Å². The van der Waals surface area contributed by atoms with E-state index in [2.05, 4.69) is 0 Å². The molecule has 0 saturated carbocycles. The highest BCUT2D eigenvalue weighted by molar-refractivity contribution is 6.16. The zero-order chi connectivity index (χ0) is 47.9. The molecule has 6 bridgehead atoms. The molecule has 5 aromatic rings. The predicted molar refractivity (Wildman–Crippen MR) is 205 cm³/mol. The van der Waals surface area contributed by atoms with Gasteiger partial charge in [0, 0.05) is 45.4 Å². The minimum absolute atomic E-state index is 0.361. The number of hydrogen-bond acceptors (Lipinski definition) is 25. The Balaban J connectivity index is 1.42. The normalized spacial score (nSPS) is 19.5. The van der Waals surface area contributed by atoms with Gasteiger partial charge in [-0.05, 0) is 18.2 Å². The second-order valence-corrected chi connectivity index (χ2v) is 14.9. The first kappa shape index (κ1) is 41.8. The van der Waals surface area contributed by atoms with E-state index in [9.17, 15) is 101 Å². The lowest BCUT2D eigenvalue weighted by Crippen LogP contribution is -2.55. The Morgan fingerprint density at radius 3 is 1.20 bits per heavy atom. The van der Waals surface area contributed by atoms with Crippen LogP contribution in [0.4, 0.5) is 0 Å². The molecule has 0 aliphatic carbocycles. The molecule has 4 atom stereocenters. The van der Waals surface area contributed by atoms with Crippen molar-refractivity contribution in [2.75, 3.05) is 6.61 Å². The number of rotatable bonds is 0. The molecule has 5 aliphatic heterocycles. The average molecular weight is 919 g/mol. The van der Waals surface area contributed by atoms with Crippen LogP contribution in [-0.2, 0) is 30.1 Å². The number of benzene rings is 5. The first-order chi connectivity index (χ1) is 31.1. The van der Waals surface area contributed by atoms with Gasteiger partial charge < -0.3 is 100 Å². The molecule has 0 fully saturated rings. The summed E-state index contributed by atoms with van der Waals surface area (Å²) in [6, 6.07) is 1.19. The minimum atomic E-state index is -2.60. The van der Waals surface area contributed by atoms with E-state index in [1.807, 2.05) is 0 Å². The van der Waals surface area contributed by atoms with E-state index in [1.54, 1.807) is 0 Å². The van der Waals surface area contributed by atoms with Crippen LogP contribution in [0.5, 0.6) is 86.2 Å². The second kappa shape index (κ2) is 14.0. The van der Waals surface area contributed by atoms with Crippen LogP contribution in [0.2, 0.25) is 0 Å². The maximum Gasteiger partial charge on any atom is 0.340 e. The van der Waals surface area contributed by atoms with Gasteiger partial charge in [0.2, 0.25) is 28.7 Å². The van der Waals surface area contributed by atoms with Gasteiger partial charge in [-0.15, -0.1) is 0 Å². The largest absolute Gasteiger partial charge is 0.504 e. The molecule has 5 aromatic carbocycles. The molecule has 66 heavy (non-hydrogen) atoms. The highest BCUT2D eigenvalue weighted by atomic mass is 16.6. The van der Waals surface area contributed by atoms with Crippen molar-refractivity contribution in [3.05, 3.63) is 51.6 Å². The zero-order valence-corrected chi connectivity index (χ0v) is 32.2. The summed E-state index contributed by atoms with van der Waals surface area (Å²) in [5.74, 6) is -30.6. The molecule has 25 heteroatoms. The number of carbonyl (C=O) groups excluding carboxylic acids is 5. The van der Waals surface area contributed by atoms with Crippen LogP contribution < -0.4 is 0 Å². The molecule has 0 radical (unpaired) electrons. The number of aromatic hydroxyl groups is 15. The maximum absolute atomic E-state index is 15.0. The van der Waals surface area contributed by atoms with Crippen molar-refractivity contribution in [1.29, 1.82) is 0 Å². The van der Waals surface area contributed by atoms with Gasteiger partial charge in [-0.3, -0.25) is 0 Å². The molecule has 0 spiro atoms. The molecule has 10 rings (SSSR count). The van der Waals surface area contributed by atoms with Gasteiger partial charge in [0.25, 0.3) is 0 Å². The molecule has 0 aromatic heterocycles. The first-order valence-corrected chi connectivity index (χ1v) is 18.5.